The van der Waals surface area contributed by atoms with E-state index in [-0.39, 0.29) is 23.3 Å². The van der Waals surface area contributed by atoms with Crippen molar-refractivity contribution in [2.24, 2.45) is 16.9 Å². The Balaban J connectivity index is 1.82. The number of rotatable bonds is 2. The summed E-state index contributed by atoms with van der Waals surface area (Å²) in [6.07, 6.45) is 6.67. The minimum Gasteiger partial charge on any atom is -0.493 e. The summed E-state index contributed by atoms with van der Waals surface area (Å²) >= 11 is 0. The SMILES string of the molecule is COc1ccc(C2=NNC(=O)[C@H]3CC=CC[C@@H]23)c2c1OC(C)(C)C2. The zero-order chi connectivity index (χ0) is 16.9. The molecule has 4 rings (SSSR count). The van der Waals surface area contributed by atoms with Gasteiger partial charge in [0.25, 0.3) is 0 Å². The van der Waals surface area contributed by atoms with Crippen LogP contribution < -0.4 is 14.9 Å². The van der Waals surface area contributed by atoms with Crippen molar-refractivity contribution in [2.45, 2.75) is 38.7 Å². The molecule has 24 heavy (non-hydrogen) atoms. The Bertz CT molecular complexity index is 764. The maximum absolute atomic E-state index is 12.1. The van der Waals surface area contributed by atoms with Gasteiger partial charge >= 0.3 is 0 Å². The van der Waals surface area contributed by atoms with Gasteiger partial charge in [-0.2, -0.15) is 5.10 Å². The first-order valence-electron chi connectivity index (χ1n) is 8.42. The van der Waals surface area contributed by atoms with E-state index in [9.17, 15) is 4.79 Å². The Morgan fingerprint density at radius 3 is 2.75 bits per heavy atom. The molecule has 2 heterocycles. The van der Waals surface area contributed by atoms with Crippen LogP contribution in [0.15, 0.2) is 29.4 Å². The Morgan fingerprint density at radius 1 is 1.25 bits per heavy atom. The quantitative estimate of drug-likeness (QED) is 0.850. The average Bonchev–Trinajstić information content (AvgIpc) is 2.90. The van der Waals surface area contributed by atoms with Gasteiger partial charge in [-0.15, -0.1) is 0 Å². The lowest BCUT2D eigenvalue weighted by molar-refractivity contribution is -0.126. The maximum Gasteiger partial charge on any atom is 0.244 e. The molecule has 5 heteroatoms. The minimum atomic E-state index is -0.268. The number of ether oxygens (including phenoxy) is 2. The number of carbonyl (C=O) groups is 1. The zero-order valence-electron chi connectivity index (χ0n) is 14.3. The van der Waals surface area contributed by atoms with E-state index < -0.39 is 0 Å². The Hall–Kier alpha value is -2.30. The van der Waals surface area contributed by atoms with E-state index in [1.807, 2.05) is 12.1 Å². The number of hydrogen-bond acceptors (Lipinski definition) is 4. The standard InChI is InChI=1S/C19H22N2O3/c1-19(2)10-14-12(8-9-15(23-3)17(14)24-19)16-11-6-4-5-7-13(11)18(22)21-20-16/h4-5,8-9,11,13H,6-7,10H2,1-3H3,(H,21,22)/t11-,13+/m1/s1. The van der Waals surface area contributed by atoms with Gasteiger partial charge in [0.1, 0.15) is 5.60 Å². The Labute approximate surface area is 141 Å². The lowest BCUT2D eigenvalue weighted by Gasteiger charge is -2.32. The van der Waals surface area contributed by atoms with E-state index >= 15 is 0 Å². The van der Waals surface area contributed by atoms with E-state index in [4.69, 9.17) is 9.47 Å². The summed E-state index contributed by atoms with van der Waals surface area (Å²) in [4.78, 5) is 12.1. The number of nitrogens with zero attached hydrogens (tertiary/aromatic N) is 1. The fraction of sp³-hybridized carbons (Fsp3) is 0.474. The van der Waals surface area contributed by atoms with Crippen molar-refractivity contribution in [3.05, 3.63) is 35.4 Å². The van der Waals surface area contributed by atoms with Crippen LogP contribution >= 0.6 is 0 Å². The zero-order valence-corrected chi connectivity index (χ0v) is 14.3. The molecule has 2 atom stereocenters. The van der Waals surface area contributed by atoms with Crippen LogP contribution in [0.4, 0.5) is 0 Å². The van der Waals surface area contributed by atoms with Gasteiger partial charge in [-0.25, -0.2) is 5.43 Å². The molecular weight excluding hydrogens is 304 g/mol. The number of hydrogen-bond donors (Lipinski definition) is 1. The number of benzene rings is 1. The van der Waals surface area contributed by atoms with Crippen LogP contribution in [-0.4, -0.2) is 24.3 Å². The highest BCUT2D eigenvalue weighted by Crippen LogP contribution is 2.45. The number of carbonyl (C=O) groups excluding carboxylic acids is 1. The molecule has 2 aliphatic heterocycles. The highest BCUT2D eigenvalue weighted by atomic mass is 16.5. The van der Waals surface area contributed by atoms with E-state index in [0.29, 0.717) is 0 Å². The molecule has 3 aliphatic rings. The van der Waals surface area contributed by atoms with Crippen LogP contribution in [0.3, 0.4) is 0 Å². The molecule has 1 amide bonds. The molecule has 0 unspecified atom stereocenters. The molecule has 5 nitrogen and oxygen atoms in total. The monoisotopic (exact) mass is 326 g/mol. The number of hydrazone groups is 1. The fourth-order valence-corrected chi connectivity index (χ4v) is 3.98. The fourth-order valence-electron chi connectivity index (χ4n) is 3.98. The Kier molecular flexibility index (Phi) is 3.41. The Morgan fingerprint density at radius 2 is 2.00 bits per heavy atom. The van der Waals surface area contributed by atoms with Gasteiger partial charge in [-0.3, -0.25) is 4.79 Å². The minimum absolute atomic E-state index is 0.0230. The molecule has 0 aromatic heterocycles. The van der Waals surface area contributed by atoms with E-state index in [0.717, 1.165) is 47.6 Å². The van der Waals surface area contributed by atoms with Gasteiger partial charge in [0.15, 0.2) is 11.5 Å². The van der Waals surface area contributed by atoms with E-state index in [1.165, 1.54) is 0 Å². The summed E-state index contributed by atoms with van der Waals surface area (Å²) in [5.74, 6) is 1.68. The molecular formula is C19H22N2O3. The van der Waals surface area contributed by atoms with Gasteiger partial charge in [0.05, 0.1) is 18.7 Å². The highest BCUT2D eigenvalue weighted by Gasteiger charge is 2.40. The number of fused-ring (bicyclic) bond motifs is 2. The first kappa shape index (κ1) is 15.2. The summed E-state index contributed by atoms with van der Waals surface area (Å²) in [6.45, 7) is 4.15. The molecule has 0 spiro atoms. The van der Waals surface area contributed by atoms with Crippen molar-refractivity contribution >= 4 is 11.6 Å². The van der Waals surface area contributed by atoms with Gasteiger partial charge in [0, 0.05) is 23.5 Å². The van der Waals surface area contributed by atoms with Crippen LogP contribution in [0.1, 0.15) is 37.8 Å². The molecule has 0 fully saturated rings. The van der Waals surface area contributed by atoms with E-state index in [2.05, 4.69) is 36.5 Å². The second-order valence-corrected chi connectivity index (χ2v) is 7.29. The maximum atomic E-state index is 12.1. The third-order valence-electron chi connectivity index (χ3n) is 5.11. The molecule has 1 aromatic rings. The van der Waals surface area contributed by atoms with Gasteiger partial charge in [0.2, 0.25) is 5.91 Å². The molecule has 1 aliphatic carbocycles. The lowest BCUT2D eigenvalue weighted by atomic mass is 9.75. The summed E-state index contributed by atoms with van der Waals surface area (Å²) < 4.78 is 11.6. The average molecular weight is 326 g/mol. The molecule has 126 valence electrons. The van der Waals surface area contributed by atoms with Gasteiger partial charge < -0.3 is 9.47 Å². The molecule has 0 saturated carbocycles. The molecule has 0 radical (unpaired) electrons. The van der Waals surface area contributed by atoms with Crippen molar-refractivity contribution in [2.75, 3.05) is 7.11 Å². The first-order valence-corrected chi connectivity index (χ1v) is 8.42. The van der Waals surface area contributed by atoms with Crippen LogP contribution in [0.25, 0.3) is 0 Å². The predicted molar refractivity (Wildman–Crippen MR) is 91.4 cm³/mol. The first-order chi connectivity index (χ1) is 11.5. The third kappa shape index (κ3) is 2.30. The number of amides is 1. The molecule has 1 aromatic carbocycles. The van der Waals surface area contributed by atoms with Crippen LogP contribution in [0, 0.1) is 11.8 Å². The second kappa shape index (κ2) is 5.36. The number of nitrogens with one attached hydrogen (secondary N) is 1. The van der Waals surface area contributed by atoms with Crippen molar-refractivity contribution < 1.29 is 14.3 Å². The van der Waals surface area contributed by atoms with Crippen molar-refractivity contribution in [3.63, 3.8) is 0 Å². The van der Waals surface area contributed by atoms with Gasteiger partial charge in [-0.05, 0) is 38.8 Å². The van der Waals surface area contributed by atoms with E-state index in [1.54, 1.807) is 7.11 Å². The molecule has 1 N–H and O–H groups in total. The van der Waals surface area contributed by atoms with Gasteiger partial charge in [-0.1, -0.05) is 12.2 Å². The summed E-state index contributed by atoms with van der Waals surface area (Å²) in [7, 11) is 1.66. The highest BCUT2D eigenvalue weighted by molar-refractivity contribution is 6.08. The second-order valence-electron chi connectivity index (χ2n) is 7.29. The molecule has 0 saturated heterocycles. The summed E-state index contributed by atoms with van der Waals surface area (Å²) in [5.41, 5.74) is 5.61. The number of methoxy groups -OCH3 is 1. The largest absolute Gasteiger partial charge is 0.493 e. The smallest absolute Gasteiger partial charge is 0.244 e. The van der Waals surface area contributed by atoms with Crippen LogP contribution in [0.5, 0.6) is 11.5 Å². The predicted octanol–water partition coefficient (Wildman–Crippen LogP) is 2.83. The van der Waals surface area contributed by atoms with Crippen LogP contribution in [-0.2, 0) is 11.2 Å². The summed E-state index contributed by atoms with van der Waals surface area (Å²) in [5, 5.41) is 4.43. The third-order valence-corrected chi connectivity index (χ3v) is 5.11. The molecule has 0 bridgehead atoms. The summed E-state index contributed by atoms with van der Waals surface area (Å²) in [6, 6.07) is 3.98. The lowest BCUT2D eigenvalue weighted by Crippen LogP contribution is -2.43. The number of allylic oxidation sites excluding steroid dienone is 2. The van der Waals surface area contributed by atoms with Crippen molar-refractivity contribution in [3.8, 4) is 11.5 Å². The van der Waals surface area contributed by atoms with Crippen molar-refractivity contribution in [1.29, 1.82) is 0 Å². The van der Waals surface area contributed by atoms with Crippen molar-refractivity contribution in [1.82, 2.24) is 5.43 Å². The topological polar surface area (TPSA) is 59.9 Å². The van der Waals surface area contributed by atoms with Crippen LogP contribution in [0.2, 0.25) is 0 Å². The normalized spacial score (nSPS) is 26.8.